The largest absolute Gasteiger partial charge is 0.394 e. The monoisotopic (exact) mass is 657 g/mol. The zero-order chi connectivity index (χ0) is 33.3. The van der Waals surface area contributed by atoms with Gasteiger partial charge in [-0.2, -0.15) is 0 Å². The highest BCUT2D eigenvalue weighted by Gasteiger charge is 2.54. The fourth-order valence-corrected chi connectivity index (χ4v) is 5.66. The molecule has 0 spiro atoms. The van der Waals surface area contributed by atoms with Crippen molar-refractivity contribution >= 4 is 5.91 Å². The van der Waals surface area contributed by atoms with Crippen molar-refractivity contribution in [1.82, 2.24) is 5.32 Å². The number of carbonyl (C=O) groups is 1. The van der Waals surface area contributed by atoms with Gasteiger partial charge in [0.05, 0.1) is 19.8 Å². The minimum absolute atomic E-state index is 0.249. The maximum absolute atomic E-state index is 12.1. The van der Waals surface area contributed by atoms with Crippen molar-refractivity contribution < 1.29 is 79.2 Å². The number of hydrogen-bond acceptors (Lipinski definition) is 16. The Kier molecular flexibility index (Phi) is 15.7. The van der Waals surface area contributed by atoms with Gasteiger partial charge in [0.1, 0.15) is 73.2 Å². The molecule has 3 heterocycles. The SMILES string of the molecule is CCCCCCCCO[C@@H]1O[C@H](CO)[C@@H](O)[C@H](O[C@@H]2O[C@H](CO)[C@H](O[C@H]3O[C@H](CO)[C@H](O)[C@H](O)[C@H]3O)[C@H](O)[C@H]2O)[C@H]1NC(C)=O. The van der Waals surface area contributed by atoms with E-state index in [9.17, 15) is 50.8 Å². The first-order valence-corrected chi connectivity index (χ1v) is 15.6. The number of nitrogens with one attached hydrogen (secondary N) is 1. The van der Waals surface area contributed by atoms with Crippen LogP contribution >= 0.6 is 0 Å². The summed E-state index contributed by atoms with van der Waals surface area (Å²) < 4.78 is 34.1. The number of amides is 1. The van der Waals surface area contributed by atoms with Gasteiger partial charge in [-0.3, -0.25) is 4.79 Å². The Morgan fingerprint density at radius 2 is 1.13 bits per heavy atom. The third-order valence-corrected chi connectivity index (χ3v) is 8.26. The van der Waals surface area contributed by atoms with Crippen LogP contribution in [0, 0.1) is 0 Å². The first-order chi connectivity index (χ1) is 21.5. The van der Waals surface area contributed by atoms with E-state index in [1.807, 2.05) is 0 Å². The van der Waals surface area contributed by atoms with Gasteiger partial charge in [0, 0.05) is 13.5 Å². The van der Waals surface area contributed by atoms with Crippen LogP contribution in [-0.2, 0) is 33.2 Å². The zero-order valence-electron chi connectivity index (χ0n) is 25.6. The van der Waals surface area contributed by atoms with Crippen molar-refractivity contribution in [3.8, 4) is 0 Å². The normalized spacial score (nSPS) is 42.4. The number of unbranched alkanes of at least 4 members (excludes halogenated alkanes) is 5. The molecule has 3 aliphatic heterocycles. The van der Waals surface area contributed by atoms with Gasteiger partial charge < -0.3 is 79.7 Å². The summed E-state index contributed by atoms with van der Waals surface area (Å²) in [4.78, 5) is 12.1. The highest BCUT2D eigenvalue weighted by molar-refractivity contribution is 5.73. The Morgan fingerprint density at radius 3 is 1.73 bits per heavy atom. The van der Waals surface area contributed by atoms with Gasteiger partial charge in [0.15, 0.2) is 18.9 Å². The Labute approximate surface area is 261 Å². The second kappa shape index (κ2) is 18.4. The van der Waals surface area contributed by atoms with Crippen LogP contribution in [0.15, 0.2) is 0 Å². The van der Waals surface area contributed by atoms with Crippen molar-refractivity contribution in [1.29, 1.82) is 0 Å². The molecule has 3 fully saturated rings. The number of carbonyl (C=O) groups excluding carboxylic acids is 1. The molecule has 0 unspecified atom stereocenters. The molecule has 10 N–H and O–H groups in total. The van der Waals surface area contributed by atoms with Crippen LogP contribution in [0.25, 0.3) is 0 Å². The zero-order valence-corrected chi connectivity index (χ0v) is 25.6. The molecule has 0 bridgehead atoms. The molecule has 3 aliphatic rings. The van der Waals surface area contributed by atoms with E-state index < -0.39 is 118 Å². The number of aliphatic hydroxyl groups excluding tert-OH is 9. The molecule has 1 amide bonds. The van der Waals surface area contributed by atoms with Crippen LogP contribution in [0.2, 0.25) is 0 Å². The third-order valence-electron chi connectivity index (χ3n) is 8.26. The summed E-state index contributed by atoms with van der Waals surface area (Å²) >= 11 is 0. The van der Waals surface area contributed by atoms with Crippen LogP contribution in [0.3, 0.4) is 0 Å². The average molecular weight is 658 g/mol. The molecule has 15 atom stereocenters. The lowest BCUT2D eigenvalue weighted by Gasteiger charge is -2.48. The Hall–Kier alpha value is -1.13. The minimum atomic E-state index is -1.90. The summed E-state index contributed by atoms with van der Waals surface area (Å²) in [6, 6.07) is -1.15. The predicted octanol–water partition coefficient (Wildman–Crippen LogP) is -4.04. The molecule has 45 heavy (non-hydrogen) atoms. The molecule has 17 nitrogen and oxygen atoms in total. The fraction of sp³-hybridized carbons (Fsp3) is 0.964. The van der Waals surface area contributed by atoms with Gasteiger partial charge in [0.2, 0.25) is 5.91 Å². The van der Waals surface area contributed by atoms with Gasteiger partial charge in [-0.05, 0) is 6.42 Å². The lowest BCUT2D eigenvalue weighted by molar-refractivity contribution is -0.373. The Bertz CT molecular complexity index is 868. The molecule has 0 saturated carbocycles. The summed E-state index contributed by atoms with van der Waals surface area (Å²) in [6.45, 7) is 1.41. The molecular weight excluding hydrogens is 606 g/mol. The molecule has 0 aromatic heterocycles. The van der Waals surface area contributed by atoms with E-state index in [4.69, 9.17) is 28.4 Å². The molecule has 264 valence electrons. The summed E-state index contributed by atoms with van der Waals surface area (Å²) in [5.74, 6) is -0.522. The maximum Gasteiger partial charge on any atom is 0.217 e. The number of rotatable bonds is 16. The quantitative estimate of drug-likeness (QED) is 0.0708. The van der Waals surface area contributed by atoms with Gasteiger partial charge in [-0.25, -0.2) is 0 Å². The van der Waals surface area contributed by atoms with Crippen molar-refractivity contribution in [2.75, 3.05) is 26.4 Å². The van der Waals surface area contributed by atoms with Gasteiger partial charge in [0.25, 0.3) is 0 Å². The molecule has 0 aromatic carbocycles. The first-order valence-electron chi connectivity index (χ1n) is 15.6. The van der Waals surface area contributed by atoms with E-state index in [1.165, 1.54) is 6.92 Å². The summed E-state index contributed by atoms with van der Waals surface area (Å²) in [6.07, 6.45) is -16.2. The third kappa shape index (κ3) is 9.71. The molecule has 3 saturated heterocycles. The molecule has 17 heteroatoms. The van der Waals surface area contributed by atoms with Crippen molar-refractivity contribution in [3.05, 3.63) is 0 Å². The van der Waals surface area contributed by atoms with Crippen molar-refractivity contribution in [2.24, 2.45) is 0 Å². The smallest absolute Gasteiger partial charge is 0.217 e. The minimum Gasteiger partial charge on any atom is -0.394 e. The van der Waals surface area contributed by atoms with Crippen LogP contribution in [0.4, 0.5) is 0 Å². The highest BCUT2D eigenvalue weighted by atomic mass is 16.8. The van der Waals surface area contributed by atoms with Gasteiger partial charge in [-0.1, -0.05) is 39.0 Å². The molecule has 0 aliphatic carbocycles. The molecule has 0 radical (unpaired) electrons. The van der Waals surface area contributed by atoms with E-state index >= 15 is 0 Å². The Balaban J connectivity index is 1.73. The highest BCUT2D eigenvalue weighted by Crippen LogP contribution is 2.32. The predicted molar refractivity (Wildman–Crippen MR) is 150 cm³/mol. The second-order valence-corrected chi connectivity index (χ2v) is 11.7. The van der Waals surface area contributed by atoms with E-state index in [2.05, 4.69) is 12.2 Å². The molecule has 0 aromatic rings. The van der Waals surface area contributed by atoms with Crippen LogP contribution in [0.1, 0.15) is 52.4 Å². The molecule has 3 rings (SSSR count). The summed E-state index contributed by atoms with van der Waals surface area (Å²) in [5.41, 5.74) is 0. The van der Waals surface area contributed by atoms with Gasteiger partial charge >= 0.3 is 0 Å². The second-order valence-electron chi connectivity index (χ2n) is 11.7. The fourth-order valence-electron chi connectivity index (χ4n) is 5.66. The number of aliphatic hydroxyl groups is 9. The van der Waals surface area contributed by atoms with E-state index in [0.717, 1.165) is 32.1 Å². The van der Waals surface area contributed by atoms with Gasteiger partial charge in [-0.15, -0.1) is 0 Å². The van der Waals surface area contributed by atoms with Crippen LogP contribution in [-0.4, -0.2) is 170 Å². The Morgan fingerprint density at radius 1 is 0.622 bits per heavy atom. The summed E-state index contributed by atoms with van der Waals surface area (Å²) in [7, 11) is 0. The lowest BCUT2D eigenvalue weighted by atomic mass is 9.95. The number of ether oxygens (including phenoxy) is 6. The lowest BCUT2D eigenvalue weighted by Crippen LogP contribution is -2.68. The van der Waals surface area contributed by atoms with Crippen LogP contribution < -0.4 is 5.32 Å². The van der Waals surface area contributed by atoms with E-state index in [-0.39, 0.29) is 6.61 Å². The van der Waals surface area contributed by atoms with E-state index in [1.54, 1.807) is 0 Å². The van der Waals surface area contributed by atoms with E-state index in [0.29, 0.717) is 6.42 Å². The van der Waals surface area contributed by atoms with Crippen LogP contribution in [0.5, 0.6) is 0 Å². The van der Waals surface area contributed by atoms with Crippen molar-refractivity contribution in [2.45, 2.75) is 144 Å². The maximum atomic E-state index is 12.1. The topological polar surface area (TPSA) is 267 Å². The number of hydrogen-bond donors (Lipinski definition) is 10. The molecular formula is C28H51NO16. The van der Waals surface area contributed by atoms with Crippen molar-refractivity contribution in [3.63, 3.8) is 0 Å². The standard InChI is InChI=1S/C28H51NO16/c1-3-4-5-6-7-8-9-40-26-17(29-13(2)33)25(19(35)15(11-31)41-26)45-28-23(39)21(37)24(16(12-32)43-28)44-27-22(38)20(36)18(34)14(10-30)42-27/h14-28,30-32,34-39H,3-12H2,1-2H3,(H,29,33)/t14-,15-,16-,17-,18+,19-,20+,21-,22-,23-,24+,25-,26-,27-,28+/m1/s1. The average Bonchev–Trinajstić information content (AvgIpc) is 3.02. The summed E-state index contributed by atoms with van der Waals surface area (Å²) in [5, 5.41) is 95.4. The first kappa shape index (κ1) is 38.3.